The second-order valence-corrected chi connectivity index (χ2v) is 5.19. The van der Waals surface area contributed by atoms with E-state index in [2.05, 4.69) is 5.32 Å². The Kier molecular flexibility index (Phi) is 4.31. The lowest BCUT2D eigenvalue weighted by Crippen LogP contribution is -2.07. The van der Waals surface area contributed by atoms with E-state index >= 15 is 0 Å². The largest absolute Gasteiger partial charge is 0.466 e. The van der Waals surface area contributed by atoms with Crippen LogP contribution in [0.5, 0.6) is 0 Å². The van der Waals surface area contributed by atoms with Crippen molar-refractivity contribution in [3.8, 4) is 0 Å². The predicted octanol–water partition coefficient (Wildman–Crippen LogP) is 4.54. The van der Waals surface area contributed by atoms with Crippen molar-refractivity contribution in [3.63, 3.8) is 0 Å². The van der Waals surface area contributed by atoms with Crippen molar-refractivity contribution in [1.82, 2.24) is 0 Å². The van der Waals surface area contributed by atoms with Gasteiger partial charge in [0.1, 0.15) is 11.5 Å². The van der Waals surface area contributed by atoms with E-state index in [1.54, 1.807) is 12.1 Å². The summed E-state index contributed by atoms with van der Waals surface area (Å²) in [7, 11) is 0. The molecule has 2 rings (SSSR count). The molecule has 5 heteroatoms. The van der Waals surface area contributed by atoms with Gasteiger partial charge in [-0.25, -0.2) is 0 Å². The average Bonchev–Trinajstić information content (AvgIpc) is 2.77. The zero-order chi connectivity index (χ0) is 15.6. The molecule has 0 spiro atoms. The van der Waals surface area contributed by atoms with Gasteiger partial charge in [0.05, 0.1) is 11.0 Å². The Morgan fingerprint density at radius 2 is 2.05 bits per heavy atom. The van der Waals surface area contributed by atoms with E-state index in [1.165, 1.54) is 0 Å². The molecule has 0 saturated carbocycles. The molecule has 1 aromatic carbocycles. The minimum atomic E-state index is -0.331. The average molecular weight is 288 g/mol. The number of aryl methyl sites for hydroxylation is 3. The van der Waals surface area contributed by atoms with Gasteiger partial charge < -0.3 is 9.73 Å². The van der Waals surface area contributed by atoms with Crippen LogP contribution in [0.3, 0.4) is 0 Å². The molecule has 1 atom stereocenters. The summed E-state index contributed by atoms with van der Waals surface area (Å²) in [5.74, 6) is 1.73. The molecule has 0 radical (unpaired) electrons. The van der Waals surface area contributed by atoms with Crippen molar-refractivity contribution in [2.75, 3.05) is 5.32 Å². The quantitative estimate of drug-likeness (QED) is 0.647. The Hall–Kier alpha value is -2.30. The molecule has 1 unspecified atom stereocenters. The summed E-state index contributed by atoms with van der Waals surface area (Å²) < 4.78 is 5.52. The molecule has 0 bridgehead atoms. The normalized spacial score (nSPS) is 12.2. The Labute approximate surface area is 124 Å². The highest BCUT2D eigenvalue weighted by atomic mass is 16.6. The fraction of sp³-hybridized carbons (Fsp3) is 0.375. The van der Waals surface area contributed by atoms with E-state index in [0.717, 1.165) is 28.3 Å². The van der Waals surface area contributed by atoms with Crippen LogP contribution in [0.4, 0.5) is 11.4 Å². The zero-order valence-electron chi connectivity index (χ0n) is 12.8. The van der Waals surface area contributed by atoms with E-state index in [1.807, 2.05) is 39.8 Å². The molecule has 5 nitrogen and oxygen atoms in total. The second kappa shape index (κ2) is 5.99. The summed E-state index contributed by atoms with van der Waals surface area (Å²) in [5, 5.41) is 14.4. The summed E-state index contributed by atoms with van der Waals surface area (Å²) >= 11 is 0. The van der Waals surface area contributed by atoms with Crippen molar-refractivity contribution < 1.29 is 9.34 Å². The van der Waals surface area contributed by atoms with E-state index in [-0.39, 0.29) is 16.7 Å². The lowest BCUT2D eigenvalue weighted by atomic mass is 10.1. The molecule has 0 aliphatic heterocycles. The maximum absolute atomic E-state index is 11.1. The van der Waals surface area contributed by atoms with Crippen LogP contribution < -0.4 is 5.32 Å². The summed E-state index contributed by atoms with van der Waals surface area (Å²) in [4.78, 5) is 10.8. The molecule has 21 heavy (non-hydrogen) atoms. The predicted molar refractivity (Wildman–Crippen MR) is 82.7 cm³/mol. The number of rotatable bonds is 5. The lowest BCUT2D eigenvalue weighted by Gasteiger charge is -2.15. The van der Waals surface area contributed by atoms with Crippen molar-refractivity contribution >= 4 is 11.4 Å². The number of furan rings is 1. The highest BCUT2D eigenvalue weighted by molar-refractivity contribution is 5.56. The van der Waals surface area contributed by atoms with E-state index in [4.69, 9.17) is 4.42 Å². The van der Waals surface area contributed by atoms with E-state index in [0.29, 0.717) is 6.42 Å². The first-order chi connectivity index (χ1) is 9.92. The van der Waals surface area contributed by atoms with E-state index in [9.17, 15) is 10.1 Å². The van der Waals surface area contributed by atoms with Crippen LogP contribution in [0.15, 0.2) is 28.7 Å². The molecule has 112 valence electrons. The third-order valence-corrected chi connectivity index (χ3v) is 3.59. The van der Waals surface area contributed by atoms with Gasteiger partial charge in [0.25, 0.3) is 5.69 Å². The topological polar surface area (TPSA) is 68.3 Å². The first kappa shape index (κ1) is 15.1. The minimum absolute atomic E-state index is 0.0227. The SMILES string of the molecule is CCc1ccc(NC(C)c2cc(C)oc2C)cc1[N+](=O)[O-]. The van der Waals surface area contributed by atoms with Gasteiger partial charge >= 0.3 is 0 Å². The number of hydrogen-bond donors (Lipinski definition) is 1. The second-order valence-electron chi connectivity index (χ2n) is 5.19. The first-order valence-electron chi connectivity index (χ1n) is 7.03. The van der Waals surface area contributed by atoms with Crippen molar-refractivity contribution in [2.24, 2.45) is 0 Å². The summed E-state index contributed by atoms with van der Waals surface area (Å²) in [6, 6.07) is 7.29. The Bertz CT molecular complexity index is 662. The van der Waals surface area contributed by atoms with Crippen molar-refractivity contribution in [2.45, 2.75) is 40.2 Å². The van der Waals surface area contributed by atoms with Gasteiger partial charge in [0.2, 0.25) is 0 Å². The molecule has 0 saturated heterocycles. The van der Waals surface area contributed by atoms with Crippen LogP contribution in [-0.4, -0.2) is 4.92 Å². The molecule has 2 aromatic rings. The fourth-order valence-corrected chi connectivity index (χ4v) is 2.53. The first-order valence-corrected chi connectivity index (χ1v) is 7.03. The van der Waals surface area contributed by atoms with Crippen LogP contribution >= 0.6 is 0 Å². The molecule has 0 aliphatic carbocycles. The van der Waals surface area contributed by atoms with Gasteiger partial charge in [-0.15, -0.1) is 0 Å². The maximum atomic E-state index is 11.1. The number of nitrogens with one attached hydrogen (secondary N) is 1. The fourth-order valence-electron chi connectivity index (χ4n) is 2.53. The summed E-state index contributed by atoms with van der Waals surface area (Å²) in [6.45, 7) is 7.75. The number of nitro benzene ring substituents is 1. The van der Waals surface area contributed by atoms with Gasteiger partial charge in [-0.2, -0.15) is 0 Å². The third-order valence-electron chi connectivity index (χ3n) is 3.59. The molecule has 1 aromatic heterocycles. The summed E-state index contributed by atoms with van der Waals surface area (Å²) in [6.07, 6.45) is 0.645. The molecule has 1 N–H and O–H groups in total. The molecule has 1 heterocycles. The molecule has 0 amide bonds. The number of hydrogen-bond acceptors (Lipinski definition) is 4. The van der Waals surface area contributed by atoms with Gasteiger partial charge in [-0.3, -0.25) is 10.1 Å². The van der Waals surface area contributed by atoms with Gasteiger partial charge in [0.15, 0.2) is 0 Å². The van der Waals surface area contributed by atoms with Crippen LogP contribution in [-0.2, 0) is 6.42 Å². The van der Waals surface area contributed by atoms with Crippen LogP contribution in [0.25, 0.3) is 0 Å². The van der Waals surface area contributed by atoms with Crippen molar-refractivity contribution in [1.29, 1.82) is 0 Å². The third kappa shape index (κ3) is 3.24. The smallest absolute Gasteiger partial charge is 0.274 e. The number of nitro groups is 1. The minimum Gasteiger partial charge on any atom is -0.466 e. The molecular formula is C16H20N2O3. The summed E-state index contributed by atoms with van der Waals surface area (Å²) in [5.41, 5.74) is 2.71. The Balaban J connectivity index is 2.25. The van der Waals surface area contributed by atoms with Crippen LogP contribution in [0, 0.1) is 24.0 Å². The standard InChI is InChI=1S/C16H20N2O3/c1-5-13-6-7-14(9-16(13)18(19)20)17-11(3)15-8-10(2)21-12(15)4/h6-9,11,17H,5H2,1-4H3. The number of nitrogens with zero attached hydrogens (tertiary/aromatic N) is 1. The maximum Gasteiger partial charge on any atom is 0.274 e. The molecule has 0 aliphatic rings. The van der Waals surface area contributed by atoms with Crippen molar-refractivity contribution in [3.05, 3.63) is 57.0 Å². The highest BCUT2D eigenvalue weighted by Gasteiger charge is 2.16. The van der Waals surface area contributed by atoms with Crippen LogP contribution in [0.2, 0.25) is 0 Å². The molecule has 0 fully saturated rings. The zero-order valence-corrected chi connectivity index (χ0v) is 12.8. The lowest BCUT2D eigenvalue weighted by molar-refractivity contribution is -0.385. The monoisotopic (exact) mass is 288 g/mol. The number of benzene rings is 1. The highest BCUT2D eigenvalue weighted by Crippen LogP contribution is 2.28. The van der Waals surface area contributed by atoms with Gasteiger partial charge in [0, 0.05) is 22.9 Å². The Morgan fingerprint density at radius 1 is 1.33 bits per heavy atom. The number of anilines is 1. The van der Waals surface area contributed by atoms with Gasteiger partial charge in [-0.05, 0) is 39.3 Å². The van der Waals surface area contributed by atoms with Gasteiger partial charge in [-0.1, -0.05) is 13.0 Å². The van der Waals surface area contributed by atoms with Crippen LogP contribution in [0.1, 0.15) is 42.5 Å². The molecular weight excluding hydrogens is 268 g/mol. The Morgan fingerprint density at radius 3 is 2.57 bits per heavy atom. The van der Waals surface area contributed by atoms with E-state index < -0.39 is 0 Å².